The number of hydrogen-bond acceptors (Lipinski definition) is 2. The summed E-state index contributed by atoms with van der Waals surface area (Å²) in [5, 5.41) is 8.81. The molecule has 0 aromatic rings. The van der Waals surface area contributed by atoms with Crippen LogP contribution in [0.25, 0.3) is 0 Å². The minimum Gasteiger partial charge on any atom is -0.393 e. The van der Waals surface area contributed by atoms with Crippen LogP contribution in [0.2, 0.25) is 0 Å². The van der Waals surface area contributed by atoms with Gasteiger partial charge in [0.25, 0.3) is 0 Å². The largest absolute Gasteiger partial charge is 0.393 e. The molecule has 0 bridgehead atoms. The molecule has 55 valence electrons. The molecule has 0 saturated carbocycles. The fraction of sp³-hybridized carbons (Fsp3) is 0.857. The van der Waals surface area contributed by atoms with Crippen molar-refractivity contribution >= 4 is 0 Å². The molecule has 0 aliphatic heterocycles. The minimum absolute atomic E-state index is 0.0274. The van der Waals surface area contributed by atoms with E-state index in [2.05, 4.69) is 6.92 Å². The zero-order valence-electron chi connectivity index (χ0n) is 6.13. The Hall–Kier alpha value is -0.0800. The number of ether oxygens (including phenoxy) is 1. The van der Waals surface area contributed by atoms with E-state index >= 15 is 0 Å². The van der Waals surface area contributed by atoms with Gasteiger partial charge in [0, 0.05) is 7.11 Å². The van der Waals surface area contributed by atoms with Crippen molar-refractivity contribution in [1.82, 2.24) is 0 Å². The molecule has 2 unspecified atom stereocenters. The highest BCUT2D eigenvalue weighted by Crippen LogP contribution is 2.01. The zero-order valence-corrected chi connectivity index (χ0v) is 6.13. The Balaban J connectivity index is 3.06. The SMILES string of the molecule is [CH2]C(CCC(C)O)OC. The first-order valence-electron chi connectivity index (χ1n) is 3.20. The normalized spacial score (nSPS) is 17.3. The number of aliphatic hydroxyl groups excluding tert-OH is 1. The summed E-state index contributed by atoms with van der Waals surface area (Å²) in [7, 11) is 1.62. The Morgan fingerprint density at radius 2 is 2.11 bits per heavy atom. The lowest BCUT2D eigenvalue weighted by Crippen LogP contribution is -2.09. The fourth-order valence-corrected chi connectivity index (χ4v) is 0.545. The van der Waals surface area contributed by atoms with Crippen LogP contribution in [-0.2, 0) is 4.74 Å². The predicted octanol–water partition coefficient (Wildman–Crippen LogP) is 0.996. The Kier molecular flexibility index (Phi) is 4.72. The van der Waals surface area contributed by atoms with E-state index in [1.54, 1.807) is 14.0 Å². The molecule has 0 aliphatic carbocycles. The smallest absolute Gasteiger partial charge is 0.0573 e. The lowest BCUT2D eigenvalue weighted by molar-refractivity contribution is 0.106. The van der Waals surface area contributed by atoms with E-state index in [0.29, 0.717) is 0 Å². The van der Waals surface area contributed by atoms with Crippen LogP contribution < -0.4 is 0 Å². The summed E-state index contributed by atoms with van der Waals surface area (Å²) < 4.78 is 4.88. The molecule has 2 heteroatoms. The second kappa shape index (κ2) is 4.77. The molecule has 9 heavy (non-hydrogen) atoms. The van der Waals surface area contributed by atoms with E-state index in [1.807, 2.05) is 0 Å². The fourth-order valence-electron chi connectivity index (χ4n) is 0.545. The lowest BCUT2D eigenvalue weighted by atomic mass is 10.1. The van der Waals surface area contributed by atoms with Gasteiger partial charge >= 0.3 is 0 Å². The zero-order chi connectivity index (χ0) is 7.28. The van der Waals surface area contributed by atoms with Crippen LogP contribution in [0.3, 0.4) is 0 Å². The summed E-state index contributed by atoms with van der Waals surface area (Å²) >= 11 is 0. The van der Waals surface area contributed by atoms with Gasteiger partial charge in [-0.1, -0.05) is 0 Å². The van der Waals surface area contributed by atoms with Crippen molar-refractivity contribution in [3.8, 4) is 0 Å². The van der Waals surface area contributed by atoms with E-state index in [9.17, 15) is 0 Å². The van der Waals surface area contributed by atoms with Crippen LogP contribution in [0, 0.1) is 6.92 Å². The first-order valence-corrected chi connectivity index (χ1v) is 3.20. The maximum Gasteiger partial charge on any atom is 0.0573 e. The molecule has 0 heterocycles. The van der Waals surface area contributed by atoms with Gasteiger partial charge in [-0.25, -0.2) is 0 Å². The Morgan fingerprint density at radius 1 is 1.56 bits per heavy atom. The molecule has 1 N–H and O–H groups in total. The Labute approximate surface area is 56.8 Å². The van der Waals surface area contributed by atoms with Gasteiger partial charge < -0.3 is 9.84 Å². The average molecular weight is 131 g/mol. The second-order valence-electron chi connectivity index (χ2n) is 2.28. The van der Waals surface area contributed by atoms with Crippen molar-refractivity contribution in [2.45, 2.75) is 32.0 Å². The van der Waals surface area contributed by atoms with E-state index in [-0.39, 0.29) is 12.2 Å². The topological polar surface area (TPSA) is 29.5 Å². The highest BCUT2D eigenvalue weighted by atomic mass is 16.5. The van der Waals surface area contributed by atoms with Crippen LogP contribution in [-0.4, -0.2) is 24.4 Å². The third kappa shape index (κ3) is 5.80. The maximum absolute atomic E-state index is 8.81. The average Bonchev–Trinajstić information content (AvgIpc) is 1.83. The second-order valence-corrected chi connectivity index (χ2v) is 2.28. The van der Waals surface area contributed by atoms with Crippen molar-refractivity contribution in [2.24, 2.45) is 0 Å². The molecule has 0 saturated heterocycles. The summed E-state index contributed by atoms with van der Waals surface area (Å²) in [5.74, 6) is 0. The molecular weight excluding hydrogens is 116 g/mol. The first-order chi connectivity index (χ1) is 4.16. The van der Waals surface area contributed by atoms with Crippen molar-refractivity contribution < 1.29 is 9.84 Å². The van der Waals surface area contributed by atoms with Crippen LogP contribution in [0.5, 0.6) is 0 Å². The summed E-state index contributed by atoms with van der Waals surface area (Å²) in [5.41, 5.74) is 0. The highest BCUT2D eigenvalue weighted by Gasteiger charge is 2.01. The molecule has 2 atom stereocenters. The molecule has 0 spiro atoms. The molecule has 0 fully saturated rings. The van der Waals surface area contributed by atoms with Crippen LogP contribution in [0.15, 0.2) is 0 Å². The van der Waals surface area contributed by atoms with Crippen LogP contribution >= 0.6 is 0 Å². The Morgan fingerprint density at radius 3 is 2.44 bits per heavy atom. The highest BCUT2D eigenvalue weighted by molar-refractivity contribution is 4.60. The maximum atomic E-state index is 8.81. The van der Waals surface area contributed by atoms with Gasteiger partial charge in [0.1, 0.15) is 0 Å². The summed E-state index contributed by atoms with van der Waals surface area (Å²) in [4.78, 5) is 0. The van der Waals surface area contributed by atoms with Crippen LogP contribution in [0.1, 0.15) is 19.8 Å². The number of rotatable bonds is 4. The standard InChI is InChI=1S/C7H15O2/c1-6(8)4-5-7(2)9-3/h6-8H,2,4-5H2,1,3H3. The van der Waals surface area contributed by atoms with Gasteiger partial charge in [0.05, 0.1) is 12.2 Å². The first kappa shape index (κ1) is 8.92. The third-order valence-corrected chi connectivity index (χ3v) is 1.24. The number of hydrogen-bond donors (Lipinski definition) is 1. The van der Waals surface area contributed by atoms with E-state index in [1.165, 1.54) is 0 Å². The summed E-state index contributed by atoms with van der Waals surface area (Å²) in [6, 6.07) is 0. The van der Waals surface area contributed by atoms with Gasteiger partial charge in [-0.2, -0.15) is 0 Å². The van der Waals surface area contributed by atoms with Gasteiger partial charge in [-0.05, 0) is 26.7 Å². The van der Waals surface area contributed by atoms with E-state index < -0.39 is 0 Å². The van der Waals surface area contributed by atoms with Gasteiger partial charge in [-0.15, -0.1) is 0 Å². The van der Waals surface area contributed by atoms with Crippen molar-refractivity contribution in [3.05, 3.63) is 6.92 Å². The molecule has 0 rings (SSSR count). The monoisotopic (exact) mass is 131 g/mol. The summed E-state index contributed by atoms with van der Waals surface area (Å²) in [6.45, 7) is 5.46. The van der Waals surface area contributed by atoms with Gasteiger partial charge in [-0.3, -0.25) is 0 Å². The quantitative estimate of drug-likeness (QED) is 0.616. The predicted molar refractivity (Wildman–Crippen MR) is 37.1 cm³/mol. The third-order valence-electron chi connectivity index (χ3n) is 1.24. The van der Waals surface area contributed by atoms with Crippen molar-refractivity contribution in [2.75, 3.05) is 7.11 Å². The van der Waals surface area contributed by atoms with Gasteiger partial charge in [0.2, 0.25) is 0 Å². The minimum atomic E-state index is -0.232. The van der Waals surface area contributed by atoms with Crippen molar-refractivity contribution in [1.29, 1.82) is 0 Å². The molecule has 2 nitrogen and oxygen atoms in total. The molecule has 0 aliphatic rings. The van der Waals surface area contributed by atoms with E-state index in [0.717, 1.165) is 12.8 Å². The number of methoxy groups -OCH3 is 1. The molecule has 0 aromatic heterocycles. The Bertz CT molecular complexity index is 61.9. The molecular formula is C7H15O2. The van der Waals surface area contributed by atoms with Gasteiger partial charge in [0.15, 0.2) is 0 Å². The molecule has 1 radical (unpaired) electrons. The molecule has 0 amide bonds. The molecule has 0 aromatic carbocycles. The van der Waals surface area contributed by atoms with Crippen molar-refractivity contribution in [3.63, 3.8) is 0 Å². The van der Waals surface area contributed by atoms with E-state index in [4.69, 9.17) is 9.84 Å². The van der Waals surface area contributed by atoms with Crippen LogP contribution in [0.4, 0.5) is 0 Å². The summed E-state index contributed by atoms with van der Waals surface area (Å²) in [6.07, 6.45) is 1.39. The lowest BCUT2D eigenvalue weighted by Gasteiger charge is -2.09. The number of aliphatic hydroxyl groups is 1.